The number of rotatable bonds is 2. The average Bonchev–Trinajstić information content (AvgIpc) is 2.34. The van der Waals surface area contributed by atoms with Crippen LogP contribution in [0.5, 0.6) is 0 Å². The molecule has 2 atom stereocenters. The smallest absolute Gasteiger partial charge is 0.141 e. The third kappa shape index (κ3) is 2.14. The van der Waals surface area contributed by atoms with E-state index in [9.17, 15) is 4.39 Å². The first kappa shape index (κ1) is 12.4. The normalized spacial score (nSPS) is 24.8. The molecule has 96 valence electrons. The van der Waals surface area contributed by atoms with Crippen LogP contribution in [0.25, 0.3) is 0 Å². The standard InChI is InChI=1S/C12H16FN5/c1-7(10-3-2-8(13)6-17-10)12(16)5-4-9(14)11(15)18-12/h2-7,18H,14-16H2,1H3/t7-,12?/m1/s1. The highest BCUT2D eigenvalue weighted by molar-refractivity contribution is 5.33. The second-order valence-corrected chi connectivity index (χ2v) is 4.38. The Hall–Kier alpha value is -2.08. The molecule has 5 nitrogen and oxygen atoms in total. The lowest BCUT2D eigenvalue weighted by molar-refractivity contribution is 0.375. The summed E-state index contributed by atoms with van der Waals surface area (Å²) in [7, 11) is 0. The van der Waals surface area contributed by atoms with Crippen molar-refractivity contribution in [1.82, 2.24) is 10.3 Å². The second kappa shape index (κ2) is 4.30. The van der Waals surface area contributed by atoms with Gasteiger partial charge in [0.2, 0.25) is 0 Å². The summed E-state index contributed by atoms with van der Waals surface area (Å²) in [6.07, 6.45) is 4.55. The molecule has 2 rings (SSSR count). The van der Waals surface area contributed by atoms with Crippen LogP contribution < -0.4 is 22.5 Å². The largest absolute Gasteiger partial charge is 0.396 e. The summed E-state index contributed by atoms with van der Waals surface area (Å²) in [6.45, 7) is 1.88. The summed E-state index contributed by atoms with van der Waals surface area (Å²) in [5.74, 6) is -0.247. The first-order valence-electron chi connectivity index (χ1n) is 5.55. The van der Waals surface area contributed by atoms with Gasteiger partial charge in [0, 0.05) is 11.6 Å². The third-order valence-corrected chi connectivity index (χ3v) is 3.11. The predicted molar refractivity (Wildman–Crippen MR) is 67.2 cm³/mol. The van der Waals surface area contributed by atoms with Crippen molar-refractivity contribution in [2.24, 2.45) is 17.2 Å². The van der Waals surface area contributed by atoms with Crippen LogP contribution in [0, 0.1) is 5.82 Å². The Morgan fingerprint density at radius 2 is 2.11 bits per heavy atom. The van der Waals surface area contributed by atoms with Gasteiger partial charge >= 0.3 is 0 Å². The zero-order chi connectivity index (χ0) is 13.3. The fourth-order valence-corrected chi connectivity index (χ4v) is 1.81. The SMILES string of the molecule is C[C@H](c1ccc(F)cn1)C1(N)C=CC(N)=C(N)N1. The van der Waals surface area contributed by atoms with Gasteiger partial charge in [0.1, 0.15) is 17.3 Å². The maximum absolute atomic E-state index is 12.8. The first-order chi connectivity index (χ1) is 8.42. The van der Waals surface area contributed by atoms with Gasteiger partial charge in [0.15, 0.2) is 0 Å². The van der Waals surface area contributed by atoms with E-state index in [0.717, 1.165) is 6.20 Å². The van der Waals surface area contributed by atoms with Crippen molar-refractivity contribution in [3.63, 3.8) is 0 Å². The molecule has 6 heteroatoms. The predicted octanol–water partition coefficient (Wildman–Crippen LogP) is 0.225. The Morgan fingerprint density at radius 1 is 1.39 bits per heavy atom. The number of dihydropyridines is 1. The Labute approximate surface area is 105 Å². The van der Waals surface area contributed by atoms with E-state index in [-0.39, 0.29) is 11.7 Å². The molecular formula is C12H16FN5. The summed E-state index contributed by atoms with van der Waals surface area (Å²) in [5, 5.41) is 2.94. The molecule has 0 fully saturated rings. The number of hydrogen-bond acceptors (Lipinski definition) is 5. The van der Waals surface area contributed by atoms with E-state index in [2.05, 4.69) is 10.3 Å². The molecule has 0 aliphatic carbocycles. The van der Waals surface area contributed by atoms with Crippen LogP contribution in [-0.2, 0) is 0 Å². The van der Waals surface area contributed by atoms with E-state index in [0.29, 0.717) is 17.2 Å². The highest BCUT2D eigenvalue weighted by atomic mass is 19.1. The Balaban J connectivity index is 2.27. The number of nitrogens with zero attached hydrogens (tertiary/aromatic N) is 1. The Bertz CT molecular complexity index is 508. The molecule has 1 aliphatic heterocycles. The van der Waals surface area contributed by atoms with Gasteiger partial charge < -0.3 is 22.5 Å². The average molecular weight is 249 g/mol. The van der Waals surface area contributed by atoms with Gasteiger partial charge in [-0.05, 0) is 24.3 Å². The molecule has 0 bridgehead atoms. The Kier molecular flexibility index (Phi) is 2.96. The lowest BCUT2D eigenvalue weighted by Crippen LogP contribution is -2.58. The van der Waals surface area contributed by atoms with Crippen molar-refractivity contribution in [2.75, 3.05) is 0 Å². The maximum Gasteiger partial charge on any atom is 0.141 e. The fourth-order valence-electron chi connectivity index (χ4n) is 1.81. The summed E-state index contributed by atoms with van der Waals surface area (Å²) < 4.78 is 12.8. The van der Waals surface area contributed by atoms with Crippen molar-refractivity contribution in [1.29, 1.82) is 0 Å². The number of halogens is 1. The molecular weight excluding hydrogens is 233 g/mol. The topological polar surface area (TPSA) is 103 Å². The van der Waals surface area contributed by atoms with Crippen LogP contribution in [0.2, 0.25) is 0 Å². The number of allylic oxidation sites excluding steroid dienone is 1. The molecule has 0 radical (unpaired) electrons. The van der Waals surface area contributed by atoms with Gasteiger partial charge in [-0.2, -0.15) is 0 Å². The minimum atomic E-state index is -0.891. The van der Waals surface area contributed by atoms with E-state index < -0.39 is 5.66 Å². The molecule has 1 unspecified atom stereocenters. The van der Waals surface area contributed by atoms with Crippen molar-refractivity contribution >= 4 is 0 Å². The minimum absolute atomic E-state index is 0.194. The molecule has 2 heterocycles. The van der Waals surface area contributed by atoms with E-state index in [1.165, 1.54) is 6.07 Å². The zero-order valence-corrected chi connectivity index (χ0v) is 10.0. The van der Waals surface area contributed by atoms with E-state index in [1.54, 1.807) is 18.2 Å². The van der Waals surface area contributed by atoms with Gasteiger partial charge in [-0.3, -0.25) is 4.98 Å². The second-order valence-electron chi connectivity index (χ2n) is 4.38. The number of nitrogens with two attached hydrogens (primary N) is 3. The van der Waals surface area contributed by atoms with Gasteiger partial charge in [0.25, 0.3) is 0 Å². The first-order valence-corrected chi connectivity index (χ1v) is 5.55. The molecule has 1 aromatic rings. The number of nitrogens with one attached hydrogen (secondary N) is 1. The van der Waals surface area contributed by atoms with Gasteiger partial charge in [-0.15, -0.1) is 0 Å². The van der Waals surface area contributed by atoms with E-state index >= 15 is 0 Å². The molecule has 0 saturated carbocycles. The fraction of sp³-hybridized carbons (Fsp3) is 0.250. The van der Waals surface area contributed by atoms with Crippen LogP contribution in [0.1, 0.15) is 18.5 Å². The van der Waals surface area contributed by atoms with Crippen LogP contribution in [0.3, 0.4) is 0 Å². The molecule has 0 saturated heterocycles. The van der Waals surface area contributed by atoms with Crippen LogP contribution in [0.15, 0.2) is 42.0 Å². The minimum Gasteiger partial charge on any atom is -0.396 e. The monoisotopic (exact) mass is 249 g/mol. The number of pyridine rings is 1. The molecule has 18 heavy (non-hydrogen) atoms. The molecule has 0 aromatic carbocycles. The number of aromatic nitrogens is 1. The van der Waals surface area contributed by atoms with Crippen LogP contribution >= 0.6 is 0 Å². The van der Waals surface area contributed by atoms with Crippen LogP contribution in [-0.4, -0.2) is 10.6 Å². The summed E-state index contributed by atoms with van der Waals surface area (Å²) in [4.78, 5) is 4.03. The lowest BCUT2D eigenvalue weighted by Gasteiger charge is -2.36. The lowest BCUT2D eigenvalue weighted by atomic mass is 9.89. The maximum atomic E-state index is 12.8. The highest BCUT2D eigenvalue weighted by Gasteiger charge is 2.33. The summed E-state index contributed by atoms with van der Waals surface area (Å²) in [6, 6.07) is 2.95. The van der Waals surface area contributed by atoms with Gasteiger partial charge in [-0.1, -0.05) is 6.92 Å². The third-order valence-electron chi connectivity index (χ3n) is 3.11. The summed E-state index contributed by atoms with van der Waals surface area (Å²) >= 11 is 0. The van der Waals surface area contributed by atoms with Crippen molar-refractivity contribution in [3.05, 3.63) is 53.5 Å². The summed E-state index contributed by atoms with van der Waals surface area (Å²) in [5.41, 5.74) is 17.8. The molecule has 0 spiro atoms. The zero-order valence-electron chi connectivity index (χ0n) is 10.0. The van der Waals surface area contributed by atoms with Crippen molar-refractivity contribution in [2.45, 2.75) is 18.5 Å². The highest BCUT2D eigenvalue weighted by Crippen LogP contribution is 2.26. The van der Waals surface area contributed by atoms with Gasteiger partial charge in [0.05, 0.1) is 11.9 Å². The Morgan fingerprint density at radius 3 is 2.67 bits per heavy atom. The number of hydrogen-bond donors (Lipinski definition) is 4. The van der Waals surface area contributed by atoms with E-state index in [4.69, 9.17) is 17.2 Å². The van der Waals surface area contributed by atoms with E-state index in [1.807, 2.05) is 6.92 Å². The molecule has 1 aliphatic rings. The quantitative estimate of drug-likeness (QED) is 0.600. The van der Waals surface area contributed by atoms with Gasteiger partial charge in [-0.25, -0.2) is 4.39 Å². The van der Waals surface area contributed by atoms with Crippen LogP contribution in [0.4, 0.5) is 4.39 Å². The van der Waals surface area contributed by atoms with Crippen molar-refractivity contribution < 1.29 is 4.39 Å². The molecule has 7 N–H and O–H groups in total. The molecule has 1 aromatic heterocycles. The van der Waals surface area contributed by atoms with Crippen molar-refractivity contribution in [3.8, 4) is 0 Å². The molecule has 0 amide bonds.